The highest BCUT2D eigenvalue weighted by Gasteiger charge is 2.12. The molecule has 0 aliphatic carbocycles. The monoisotopic (exact) mass is 294 g/mol. The molecule has 1 aromatic carbocycles. The summed E-state index contributed by atoms with van der Waals surface area (Å²) in [6.45, 7) is 0.491. The second-order valence-electron chi connectivity index (χ2n) is 4.35. The third kappa shape index (κ3) is 4.62. The van der Waals surface area contributed by atoms with E-state index in [1.165, 1.54) is 7.11 Å². The number of nitrogens with zero attached hydrogens (tertiary/aromatic N) is 1. The lowest BCUT2D eigenvalue weighted by atomic mass is 10.1. The molecular formula is C14H18N2O3S. The van der Waals surface area contributed by atoms with E-state index >= 15 is 0 Å². The van der Waals surface area contributed by atoms with Gasteiger partial charge >= 0.3 is 5.97 Å². The highest BCUT2D eigenvalue weighted by Crippen LogP contribution is 2.08. The average molecular weight is 294 g/mol. The molecule has 2 N–H and O–H groups in total. The van der Waals surface area contributed by atoms with E-state index in [1.54, 1.807) is 36.2 Å². The van der Waals surface area contributed by atoms with Crippen LogP contribution in [0.5, 0.6) is 0 Å². The fraction of sp³-hybridized carbons (Fsp3) is 0.357. The lowest BCUT2D eigenvalue weighted by molar-refractivity contribution is -0.140. The van der Waals surface area contributed by atoms with Crippen LogP contribution in [0.2, 0.25) is 0 Å². The van der Waals surface area contributed by atoms with E-state index in [4.69, 9.17) is 18.0 Å². The van der Waals surface area contributed by atoms with Gasteiger partial charge < -0.3 is 15.4 Å². The minimum atomic E-state index is -0.272. The van der Waals surface area contributed by atoms with E-state index in [9.17, 15) is 9.59 Å². The van der Waals surface area contributed by atoms with Gasteiger partial charge in [-0.05, 0) is 18.6 Å². The molecule has 0 bridgehead atoms. The Hall–Kier alpha value is -1.95. The van der Waals surface area contributed by atoms with Gasteiger partial charge in [0.1, 0.15) is 4.99 Å². The van der Waals surface area contributed by atoms with Crippen molar-refractivity contribution in [1.82, 2.24) is 4.90 Å². The SMILES string of the molecule is COC(=O)CCCN(C)C(=O)c1ccc(C(N)=S)cc1. The van der Waals surface area contributed by atoms with E-state index < -0.39 is 0 Å². The van der Waals surface area contributed by atoms with Crippen LogP contribution in [0.15, 0.2) is 24.3 Å². The first-order valence-corrected chi connectivity index (χ1v) is 6.58. The van der Waals surface area contributed by atoms with Gasteiger partial charge in [-0.1, -0.05) is 24.4 Å². The van der Waals surface area contributed by atoms with Crippen LogP contribution in [-0.2, 0) is 9.53 Å². The van der Waals surface area contributed by atoms with Gasteiger partial charge in [-0.3, -0.25) is 9.59 Å². The zero-order valence-corrected chi connectivity index (χ0v) is 12.4. The van der Waals surface area contributed by atoms with E-state index in [-0.39, 0.29) is 11.9 Å². The third-order valence-corrected chi connectivity index (χ3v) is 3.10. The van der Waals surface area contributed by atoms with Crippen molar-refractivity contribution in [3.8, 4) is 0 Å². The Labute approximate surface area is 123 Å². The number of carbonyl (C=O) groups is 2. The number of nitrogens with two attached hydrogens (primary N) is 1. The summed E-state index contributed by atoms with van der Waals surface area (Å²) >= 11 is 4.85. The predicted octanol–water partition coefficient (Wildman–Crippen LogP) is 1.35. The first-order chi connectivity index (χ1) is 9.45. The van der Waals surface area contributed by atoms with Gasteiger partial charge in [-0.25, -0.2) is 0 Å². The molecule has 0 atom stereocenters. The summed E-state index contributed by atoms with van der Waals surface area (Å²) in [6, 6.07) is 6.82. The highest BCUT2D eigenvalue weighted by molar-refractivity contribution is 7.80. The molecule has 1 amide bonds. The first-order valence-electron chi connectivity index (χ1n) is 6.18. The molecule has 0 aliphatic heterocycles. The van der Waals surface area contributed by atoms with Crippen molar-refractivity contribution in [2.75, 3.05) is 20.7 Å². The normalized spacial score (nSPS) is 9.90. The van der Waals surface area contributed by atoms with Crippen LogP contribution in [0.3, 0.4) is 0 Å². The van der Waals surface area contributed by atoms with Crippen LogP contribution in [0.25, 0.3) is 0 Å². The fourth-order valence-electron chi connectivity index (χ4n) is 1.66. The number of rotatable bonds is 6. The molecule has 0 radical (unpaired) electrons. The highest BCUT2D eigenvalue weighted by atomic mass is 32.1. The number of esters is 1. The summed E-state index contributed by atoms with van der Waals surface area (Å²) in [5, 5.41) is 0. The maximum Gasteiger partial charge on any atom is 0.305 e. The smallest absolute Gasteiger partial charge is 0.305 e. The van der Waals surface area contributed by atoms with Crippen molar-refractivity contribution >= 4 is 29.1 Å². The number of carbonyl (C=O) groups excluding carboxylic acids is 2. The number of hydrogen-bond donors (Lipinski definition) is 1. The van der Waals surface area contributed by atoms with Crippen LogP contribution in [0.4, 0.5) is 0 Å². The average Bonchev–Trinajstić information content (AvgIpc) is 2.46. The number of thiocarbonyl (C=S) groups is 1. The molecule has 0 unspecified atom stereocenters. The van der Waals surface area contributed by atoms with E-state index in [0.29, 0.717) is 29.9 Å². The van der Waals surface area contributed by atoms with Gasteiger partial charge in [-0.15, -0.1) is 0 Å². The summed E-state index contributed by atoms with van der Waals surface area (Å²) in [4.78, 5) is 25.0. The Kier molecular flexibility index (Phi) is 6.11. The molecule has 0 saturated heterocycles. The number of ether oxygens (including phenoxy) is 1. The molecule has 0 fully saturated rings. The van der Waals surface area contributed by atoms with Crippen LogP contribution in [-0.4, -0.2) is 42.5 Å². The molecule has 0 saturated carbocycles. The Bertz CT molecular complexity index is 500. The van der Waals surface area contributed by atoms with Gasteiger partial charge in [0.2, 0.25) is 0 Å². The Morgan fingerprint density at radius 2 is 1.80 bits per heavy atom. The minimum Gasteiger partial charge on any atom is -0.469 e. The predicted molar refractivity (Wildman–Crippen MR) is 80.5 cm³/mol. The number of benzene rings is 1. The number of hydrogen-bond acceptors (Lipinski definition) is 4. The standard InChI is InChI=1S/C14H18N2O3S/c1-16(9-3-4-12(17)19-2)14(18)11-7-5-10(6-8-11)13(15)20/h5-8H,3-4,9H2,1-2H3,(H2,15,20). The molecule has 0 aliphatic rings. The van der Waals surface area contributed by atoms with E-state index in [0.717, 1.165) is 5.56 Å². The fourth-order valence-corrected chi connectivity index (χ4v) is 1.80. The molecule has 20 heavy (non-hydrogen) atoms. The Morgan fingerprint density at radius 1 is 1.25 bits per heavy atom. The van der Waals surface area contributed by atoms with E-state index in [2.05, 4.69) is 4.74 Å². The molecule has 0 aromatic heterocycles. The topological polar surface area (TPSA) is 72.6 Å². The lowest BCUT2D eigenvalue weighted by Crippen LogP contribution is -2.28. The largest absolute Gasteiger partial charge is 0.469 e. The quantitative estimate of drug-likeness (QED) is 0.633. The van der Waals surface area contributed by atoms with Gasteiger partial charge in [0, 0.05) is 31.1 Å². The molecular weight excluding hydrogens is 276 g/mol. The minimum absolute atomic E-state index is 0.107. The van der Waals surface area contributed by atoms with Crippen LogP contribution >= 0.6 is 12.2 Å². The Morgan fingerprint density at radius 3 is 2.30 bits per heavy atom. The molecule has 0 spiro atoms. The van der Waals surface area contributed by atoms with Crippen molar-refractivity contribution in [3.63, 3.8) is 0 Å². The Balaban J connectivity index is 2.56. The van der Waals surface area contributed by atoms with Crippen LogP contribution in [0, 0.1) is 0 Å². The zero-order valence-electron chi connectivity index (χ0n) is 11.6. The molecule has 108 valence electrons. The molecule has 6 heteroatoms. The van der Waals surface area contributed by atoms with Crippen molar-refractivity contribution < 1.29 is 14.3 Å². The number of methoxy groups -OCH3 is 1. The second-order valence-corrected chi connectivity index (χ2v) is 4.79. The zero-order chi connectivity index (χ0) is 15.1. The van der Waals surface area contributed by atoms with Gasteiger partial charge in [0.05, 0.1) is 7.11 Å². The first kappa shape index (κ1) is 16.1. The van der Waals surface area contributed by atoms with Crippen molar-refractivity contribution in [2.45, 2.75) is 12.8 Å². The maximum absolute atomic E-state index is 12.1. The van der Waals surface area contributed by atoms with E-state index in [1.807, 2.05) is 0 Å². The van der Waals surface area contributed by atoms with Gasteiger partial charge in [-0.2, -0.15) is 0 Å². The second kappa shape index (κ2) is 7.59. The van der Waals surface area contributed by atoms with Gasteiger partial charge in [0.15, 0.2) is 0 Å². The lowest BCUT2D eigenvalue weighted by Gasteiger charge is -2.17. The third-order valence-electron chi connectivity index (χ3n) is 2.87. The summed E-state index contributed by atoms with van der Waals surface area (Å²) in [5.74, 6) is -0.379. The number of amides is 1. The van der Waals surface area contributed by atoms with Crippen LogP contribution < -0.4 is 5.73 Å². The maximum atomic E-state index is 12.1. The summed E-state index contributed by atoms with van der Waals surface area (Å²) in [5.41, 5.74) is 6.79. The summed E-state index contributed by atoms with van der Waals surface area (Å²) in [7, 11) is 3.04. The van der Waals surface area contributed by atoms with Crippen molar-refractivity contribution in [3.05, 3.63) is 35.4 Å². The molecule has 5 nitrogen and oxygen atoms in total. The van der Waals surface area contributed by atoms with Crippen molar-refractivity contribution in [1.29, 1.82) is 0 Å². The van der Waals surface area contributed by atoms with Crippen LogP contribution in [0.1, 0.15) is 28.8 Å². The van der Waals surface area contributed by atoms with Gasteiger partial charge in [0.25, 0.3) is 5.91 Å². The summed E-state index contributed by atoms with van der Waals surface area (Å²) < 4.78 is 4.55. The molecule has 1 aromatic rings. The molecule has 1 rings (SSSR count). The van der Waals surface area contributed by atoms with Crippen molar-refractivity contribution in [2.24, 2.45) is 5.73 Å². The summed E-state index contributed by atoms with van der Waals surface area (Å²) in [6.07, 6.45) is 0.869. The molecule has 0 heterocycles.